The van der Waals surface area contributed by atoms with Crippen molar-refractivity contribution in [1.29, 1.82) is 0 Å². The van der Waals surface area contributed by atoms with E-state index < -0.39 is 0 Å². The van der Waals surface area contributed by atoms with Crippen molar-refractivity contribution in [3.8, 4) is 68.2 Å². The van der Waals surface area contributed by atoms with Gasteiger partial charge in [0.1, 0.15) is 46.0 Å². The van der Waals surface area contributed by atoms with Gasteiger partial charge in [0, 0.05) is 84.2 Å². The molecule has 109 heavy (non-hydrogen) atoms. The Hall–Kier alpha value is -13.7. The van der Waals surface area contributed by atoms with Crippen molar-refractivity contribution in [1.82, 2.24) is 0 Å². The quantitative estimate of drug-likeness (QED) is 0.0403. The molecule has 0 saturated heterocycles. The van der Waals surface area contributed by atoms with Crippen LogP contribution in [0.25, 0.3) is 22.3 Å². The predicted octanol–water partition coefficient (Wildman–Crippen LogP) is 22.4. The maximum atomic E-state index is 6.11. The second-order valence-electron chi connectivity index (χ2n) is 28.2. The van der Waals surface area contributed by atoms with E-state index in [0.29, 0.717) is 22.7 Å². The number of aryl methyl sites for hydroxylation is 2. The number of nitrogen functional groups attached to an aromatic ring is 10. The number of nitrogens with two attached hydrogens (primary N) is 10. The van der Waals surface area contributed by atoms with Crippen molar-refractivity contribution in [3.63, 3.8) is 0 Å². The van der Waals surface area contributed by atoms with E-state index in [9.17, 15) is 0 Å². The second kappa shape index (κ2) is 35.4. The van der Waals surface area contributed by atoms with E-state index in [1.807, 2.05) is 218 Å². The molecule has 0 aromatic heterocycles. The molecule has 0 amide bonds. The lowest BCUT2D eigenvalue weighted by Gasteiger charge is -2.29. The Labute approximate surface area is 641 Å². The first-order chi connectivity index (χ1) is 52.2. The summed E-state index contributed by atoms with van der Waals surface area (Å²) in [6, 6.07) is 106. The average molecular weight is 1440 g/mol. The molecule has 14 rings (SSSR count). The highest BCUT2D eigenvalue weighted by Crippen LogP contribution is 2.42. The van der Waals surface area contributed by atoms with Gasteiger partial charge in [-0.3, -0.25) is 0 Å². The molecule has 0 aliphatic heterocycles. The van der Waals surface area contributed by atoms with E-state index in [-0.39, 0.29) is 16.2 Å². The van der Waals surface area contributed by atoms with E-state index in [2.05, 4.69) is 140 Å². The van der Waals surface area contributed by atoms with Crippen molar-refractivity contribution in [2.75, 3.05) is 57.3 Å². The highest BCUT2D eigenvalue weighted by molar-refractivity contribution is 5.77. The van der Waals surface area contributed by atoms with Gasteiger partial charge in [0.25, 0.3) is 0 Å². The first-order valence-corrected chi connectivity index (χ1v) is 35.9. The molecule has 0 fully saturated rings. The summed E-state index contributed by atoms with van der Waals surface area (Å²) < 4.78 is 24.0. The van der Waals surface area contributed by atoms with Gasteiger partial charge in [0.15, 0.2) is 0 Å². The standard InChI is InChI=1S/C27H26N2O2.C24H20N2O2.C24H28N2.C14H16N2.C6H8N2/c1-27(2,19-3-11-23(12-4-19)30-25-15-7-21(28)8-16-25)20-5-13-24(14-6-20)31-26-17-9-22(29)10-18-26;25-17-9-13-19(14-10-17)27-23-7-3-1-5-21(23)22-6-2-4-8-24(22)28-20-15-11-18(26)12-16-20;1-23(2,19-9-13-21(25)14-10-19)17-5-7-18(8-6-17)24(3,4)20-11-15-22(26)16-12-20;1-9-7-11(15)3-5-13(9)14-6-4-12(16)8-10(14)2;7-5-1-2-6(8)4-3-5/h3-18H,28-29H2,1-2H3;1-16H,25-26H2;5-16H,25-26H2,1-4H3;3-8H,15-16H2,1-2H3;1-4H,7-8H2. The smallest absolute Gasteiger partial charge is 0.135 e. The molecule has 20 N–H and O–H groups in total. The zero-order valence-electron chi connectivity index (χ0n) is 63.1. The lowest BCUT2D eigenvalue weighted by molar-refractivity contribution is 0.477. The van der Waals surface area contributed by atoms with Crippen molar-refractivity contribution in [3.05, 3.63) is 372 Å². The van der Waals surface area contributed by atoms with E-state index in [1.54, 1.807) is 24.3 Å². The fourth-order valence-electron chi connectivity index (χ4n) is 12.2. The van der Waals surface area contributed by atoms with Gasteiger partial charge in [-0.05, 0) is 276 Å². The third kappa shape index (κ3) is 21.3. The summed E-state index contributed by atoms with van der Waals surface area (Å²) in [7, 11) is 0. The molecule has 0 spiro atoms. The minimum atomic E-state index is -0.167. The third-order valence-corrected chi connectivity index (χ3v) is 19.0. The van der Waals surface area contributed by atoms with Crippen LogP contribution in [0.4, 0.5) is 56.9 Å². The van der Waals surface area contributed by atoms with Crippen molar-refractivity contribution in [2.45, 2.75) is 71.6 Å². The molecule has 0 radical (unpaired) electrons. The van der Waals surface area contributed by atoms with Gasteiger partial charge < -0.3 is 76.3 Å². The highest BCUT2D eigenvalue weighted by atomic mass is 16.5. The molecule has 0 saturated carbocycles. The zero-order valence-corrected chi connectivity index (χ0v) is 63.1. The molecule has 0 heterocycles. The fraction of sp³-hybridized carbons (Fsp3) is 0.116. The summed E-state index contributed by atoms with van der Waals surface area (Å²) in [6.45, 7) is 17.6. The van der Waals surface area contributed by atoms with Crippen molar-refractivity contribution >= 4 is 56.9 Å². The van der Waals surface area contributed by atoms with Gasteiger partial charge in [-0.25, -0.2) is 0 Å². The molecule has 0 aliphatic rings. The normalized spacial score (nSPS) is 10.9. The van der Waals surface area contributed by atoms with E-state index >= 15 is 0 Å². The predicted molar refractivity (Wildman–Crippen MR) is 458 cm³/mol. The molecule has 0 bridgehead atoms. The maximum Gasteiger partial charge on any atom is 0.135 e. The number of benzene rings is 14. The van der Waals surface area contributed by atoms with Gasteiger partial charge in [0.2, 0.25) is 0 Å². The average Bonchev–Trinajstić information content (AvgIpc) is 0.787. The van der Waals surface area contributed by atoms with Gasteiger partial charge in [0.05, 0.1) is 0 Å². The SMILES string of the molecule is CC(C)(c1ccc(N)cc1)c1ccc(C(C)(C)c2ccc(N)cc2)cc1.CC(C)(c1ccc(Oc2ccc(N)cc2)cc1)c1ccc(Oc2ccc(N)cc2)cc1.Cc1cc(N)ccc1-c1ccc(N)cc1C.Nc1ccc(N)cc1.Nc1ccc(Oc2ccccc2-c2ccccc2Oc2ccc(N)cc2)cc1. The lowest BCUT2D eigenvalue weighted by atomic mass is 9.74. The summed E-state index contributed by atoms with van der Waals surface area (Å²) in [4.78, 5) is 0. The van der Waals surface area contributed by atoms with E-state index in [1.165, 1.54) is 55.6 Å². The van der Waals surface area contributed by atoms with Crippen LogP contribution < -0.4 is 76.3 Å². The Bertz CT molecular complexity index is 4900. The van der Waals surface area contributed by atoms with Gasteiger partial charge in [-0.1, -0.05) is 163 Å². The highest BCUT2D eigenvalue weighted by Gasteiger charge is 2.27. The maximum absolute atomic E-state index is 6.11. The molecule has 552 valence electrons. The van der Waals surface area contributed by atoms with Gasteiger partial charge in [-0.2, -0.15) is 0 Å². The van der Waals surface area contributed by atoms with Crippen LogP contribution in [0.3, 0.4) is 0 Å². The molecule has 14 nitrogen and oxygen atoms in total. The number of para-hydroxylation sites is 2. The largest absolute Gasteiger partial charge is 0.457 e. The van der Waals surface area contributed by atoms with Crippen LogP contribution >= 0.6 is 0 Å². The van der Waals surface area contributed by atoms with Crippen LogP contribution in [0.2, 0.25) is 0 Å². The van der Waals surface area contributed by atoms with Crippen LogP contribution in [0.5, 0.6) is 46.0 Å². The summed E-state index contributed by atoms with van der Waals surface area (Å²) in [6.07, 6.45) is 0. The number of ether oxygens (including phenoxy) is 4. The van der Waals surface area contributed by atoms with E-state index in [0.717, 1.165) is 91.2 Å². The Balaban J connectivity index is 0.000000152. The molecule has 0 atom stereocenters. The fourth-order valence-corrected chi connectivity index (χ4v) is 12.2. The first-order valence-electron chi connectivity index (χ1n) is 35.9. The second-order valence-corrected chi connectivity index (χ2v) is 28.2. The topological polar surface area (TPSA) is 297 Å². The van der Waals surface area contributed by atoms with Crippen LogP contribution in [0.1, 0.15) is 86.1 Å². The van der Waals surface area contributed by atoms with Crippen molar-refractivity contribution < 1.29 is 18.9 Å². The summed E-state index contributed by atoms with van der Waals surface area (Å²) in [5, 5.41) is 0. The Morgan fingerprint density at radius 2 is 0.358 bits per heavy atom. The van der Waals surface area contributed by atoms with Crippen molar-refractivity contribution in [2.24, 2.45) is 0 Å². The number of hydrogen-bond donors (Lipinski definition) is 10. The number of hydrogen-bond acceptors (Lipinski definition) is 14. The summed E-state index contributed by atoms with van der Waals surface area (Å²) >= 11 is 0. The van der Waals surface area contributed by atoms with Crippen LogP contribution in [0, 0.1) is 13.8 Å². The molecule has 0 aliphatic carbocycles. The third-order valence-electron chi connectivity index (χ3n) is 19.0. The number of anilines is 10. The first kappa shape index (κ1) is 77.9. The van der Waals surface area contributed by atoms with E-state index in [4.69, 9.17) is 76.3 Å². The molecule has 14 aromatic rings. The Kier molecular flexibility index (Phi) is 25.3. The molecule has 14 aromatic carbocycles. The monoisotopic (exact) mass is 1440 g/mol. The van der Waals surface area contributed by atoms with Crippen LogP contribution in [-0.4, -0.2) is 0 Å². The number of rotatable bonds is 16. The van der Waals surface area contributed by atoms with Gasteiger partial charge >= 0.3 is 0 Å². The minimum absolute atomic E-state index is 0.0719. The van der Waals surface area contributed by atoms with Gasteiger partial charge in [-0.15, -0.1) is 0 Å². The molecule has 0 unspecified atom stereocenters. The van der Waals surface area contributed by atoms with Crippen LogP contribution in [0.15, 0.2) is 328 Å². The Morgan fingerprint density at radius 1 is 0.183 bits per heavy atom. The zero-order chi connectivity index (χ0) is 77.8. The molecular weight excluding hydrogens is 1350 g/mol. The molecule has 14 heteroatoms. The summed E-state index contributed by atoms with van der Waals surface area (Å²) in [5.74, 6) is 6.02. The summed E-state index contributed by atoms with van der Waals surface area (Å²) in [5.41, 5.74) is 78.3. The van der Waals surface area contributed by atoms with Crippen LogP contribution in [-0.2, 0) is 16.2 Å². The Morgan fingerprint density at radius 3 is 0.596 bits per heavy atom. The minimum Gasteiger partial charge on any atom is -0.457 e. The molecular formula is C95H98N10O4. The lowest BCUT2D eigenvalue weighted by Crippen LogP contribution is -2.21.